The minimum Gasteiger partial charge on any atom is -0.462 e. The predicted octanol–water partition coefficient (Wildman–Crippen LogP) is 4.09. The number of ether oxygens (including phenoxy) is 1. The standard InChI is InChI=1S/C33H39N7O2/c1-4-30(41)40-19-18-39(20-25(40)13-15-34)32-27-21-38(29-12-6-10-24-9-5-8-23(2)31(24)29)17-14-28(27)35-33(36-32)42-22-26-11-7-16-37(26)3/h4-6,8-10,12,25-26H,1,7,11,13-14,16-22H2,2-3H3/t25-,26-/m0/s1. The fraction of sp³-hybridized carbons (Fsp3) is 0.455. The molecule has 0 radical (unpaired) electrons. The van der Waals surface area contributed by atoms with Crippen molar-refractivity contribution in [1.82, 2.24) is 19.8 Å². The molecule has 0 aliphatic carbocycles. The molecule has 1 amide bonds. The number of aryl methyl sites for hydroxylation is 1. The zero-order chi connectivity index (χ0) is 29.2. The van der Waals surface area contributed by atoms with Gasteiger partial charge in [-0.05, 0) is 56.4 Å². The van der Waals surface area contributed by atoms with Crippen LogP contribution in [0, 0.1) is 18.3 Å². The molecule has 3 aliphatic rings. The van der Waals surface area contributed by atoms with Gasteiger partial charge in [0, 0.05) is 61.8 Å². The van der Waals surface area contributed by atoms with Crippen molar-refractivity contribution < 1.29 is 9.53 Å². The van der Waals surface area contributed by atoms with E-state index in [0.29, 0.717) is 44.8 Å². The largest absolute Gasteiger partial charge is 0.462 e. The number of benzene rings is 2. The van der Waals surface area contributed by atoms with E-state index in [0.717, 1.165) is 43.0 Å². The third kappa shape index (κ3) is 5.39. The van der Waals surface area contributed by atoms with Gasteiger partial charge in [-0.3, -0.25) is 4.79 Å². The van der Waals surface area contributed by atoms with Gasteiger partial charge in [0.2, 0.25) is 5.91 Å². The summed E-state index contributed by atoms with van der Waals surface area (Å²) < 4.78 is 6.26. The van der Waals surface area contributed by atoms with Crippen LogP contribution in [0.5, 0.6) is 6.01 Å². The van der Waals surface area contributed by atoms with Crippen LogP contribution in [0.15, 0.2) is 49.1 Å². The van der Waals surface area contributed by atoms with E-state index >= 15 is 0 Å². The van der Waals surface area contributed by atoms with Crippen LogP contribution in [0.2, 0.25) is 0 Å². The summed E-state index contributed by atoms with van der Waals surface area (Å²) in [6.07, 6.45) is 4.66. The summed E-state index contributed by atoms with van der Waals surface area (Å²) in [5.74, 6) is 0.715. The second-order valence-corrected chi connectivity index (χ2v) is 11.7. The van der Waals surface area contributed by atoms with Crippen LogP contribution in [-0.4, -0.2) is 84.1 Å². The third-order valence-corrected chi connectivity index (χ3v) is 9.09. The molecule has 42 heavy (non-hydrogen) atoms. The number of likely N-dealkylation sites (tertiary alicyclic amines) is 1. The Morgan fingerprint density at radius 3 is 2.71 bits per heavy atom. The summed E-state index contributed by atoms with van der Waals surface area (Å²) in [5.41, 5.74) is 4.59. The minimum absolute atomic E-state index is 0.137. The number of rotatable bonds is 7. The molecule has 3 aliphatic heterocycles. The summed E-state index contributed by atoms with van der Waals surface area (Å²) in [4.78, 5) is 31.3. The average molecular weight is 566 g/mol. The Balaban J connectivity index is 1.35. The van der Waals surface area contributed by atoms with Gasteiger partial charge in [-0.1, -0.05) is 36.9 Å². The molecule has 6 rings (SSSR count). The fourth-order valence-electron chi connectivity index (χ4n) is 6.77. The molecule has 0 unspecified atom stereocenters. The van der Waals surface area contributed by atoms with Crippen molar-refractivity contribution in [3.05, 3.63) is 65.9 Å². The van der Waals surface area contributed by atoms with Crippen LogP contribution in [0.1, 0.15) is 36.1 Å². The van der Waals surface area contributed by atoms with Gasteiger partial charge in [-0.2, -0.15) is 15.2 Å². The molecule has 9 heteroatoms. The van der Waals surface area contributed by atoms with E-state index in [4.69, 9.17) is 14.7 Å². The van der Waals surface area contributed by atoms with Crippen molar-refractivity contribution in [2.75, 3.05) is 56.2 Å². The van der Waals surface area contributed by atoms with Gasteiger partial charge in [-0.25, -0.2) is 0 Å². The molecule has 9 nitrogen and oxygen atoms in total. The lowest BCUT2D eigenvalue weighted by atomic mass is 9.99. The number of amides is 1. The maximum absolute atomic E-state index is 12.6. The van der Waals surface area contributed by atoms with Gasteiger partial charge < -0.3 is 24.3 Å². The Labute approximate surface area is 248 Å². The van der Waals surface area contributed by atoms with E-state index in [2.05, 4.69) is 77.7 Å². The maximum Gasteiger partial charge on any atom is 0.318 e. The van der Waals surface area contributed by atoms with Crippen molar-refractivity contribution in [2.45, 2.75) is 51.2 Å². The Kier molecular flexibility index (Phi) is 7.98. The number of carbonyl (C=O) groups excluding carboxylic acids is 1. The van der Waals surface area contributed by atoms with E-state index in [9.17, 15) is 10.1 Å². The summed E-state index contributed by atoms with van der Waals surface area (Å²) in [6.45, 7) is 10.7. The van der Waals surface area contributed by atoms with Gasteiger partial charge >= 0.3 is 6.01 Å². The third-order valence-electron chi connectivity index (χ3n) is 9.09. The van der Waals surface area contributed by atoms with Gasteiger partial charge in [0.1, 0.15) is 12.4 Å². The van der Waals surface area contributed by atoms with E-state index in [1.807, 2.05) is 0 Å². The van der Waals surface area contributed by atoms with Gasteiger partial charge in [0.15, 0.2) is 0 Å². The van der Waals surface area contributed by atoms with E-state index in [1.54, 1.807) is 4.90 Å². The van der Waals surface area contributed by atoms with Crippen LogP contribution in [0.25, 0.3) is 10.8 Å². The maximum atomic E-state index is 12.6. The molecule has 3 aromatic rings. The number of likely N-dealkylation sites (N-methyl/N-ethyl adjacent to an activating group) is 1. The van der Waals surface area contributed by atoms with Crippen molar-refractivity contribution >= 4 is 28.2 Å². The van der Waals surface area contributed by atoms with Crippen LogP contribution < -0.4 is 14.5 Å². The Morgan fingerprint density at radius 2 is 1.95 bits per heavy atom. The number of fused-ring (bicyclic) bond motifs is 2. The lowest BCUT2D eigenvalue weighted by molar-refractivity contribution is -0.128. The highest BCUT2D eigenvalue weighted by molar-refractivity contribution is 5.97. The first-order chi connectivity index (χ1) is 20.5. The number of aromatic nitrogens is 2. The van der Waals surface area contributed by atoms with Crippen molar-refractivity contribution in [1.29, 1.82) is 5.26 Å². The quantitative estimate of drug-likeness (QED) is 0.396. The smallest absolute Gasteiger partial charge is 0.318 e. The normalized spacial score (nSPS) is 20.8. The summed E-state index contributed by atoms with van der Waals surface area (Å²) >= 11 is 0. The van der Waals surface area contributed by atoms with E-state index < -0.39 is 0 Å². The number of hydrogen-bond acceptors (Lipinski definition) is 8. The molecule has 0 bridgehead atoms. The molecule has 0 saturated carbocycles. The molecule has 0 N–H and O–H groups in total. The summed E-state index contributed by atoms with van der Waals surface area (Å²) in [6, 6.07) is 15.8. The second-order valence-electron chi connectivity index (χ2n) is 11.7. The molecule has 0 spiro atoms. The average Bonchev–Trinajstić information content (AvgIpc) is 3.43. The van der Waals surface area contributed by atoms with Crippen molar-refractivity contribution in [2.24, 2.45) is 0 Å². The van der Waals surface area contributed by atoms with Crippen molar-refractivity contribution in [3.63, 3.8) is 0 Å². The molecular formula is C33H39N7O2. The molecule has 2 saturated heterocycles. The SMILES string of the molecule is C=CC(=O)N1CCN(c2nc(OC[C@@H]3CCCN3C)nc3c2CN(c2cccc4cccc(C)c24)CC3)C[C@@H]1CC#N. The van der Waals surface area contributed by atoms with Crippen LogP contribution >= 0.6 is 0 Å². The topological polar surface area (TPSA) is 88.8 Å². The van der Waals surface area contributed by atoms with Crippen molar-refractivity contribution in [3.8, 4) is 12.1 Å². The summed E-state index contributed by atoms with van der Waals surface area (Å²) in [5, 5.41) is 12.1. The number of nitriles is 1. The molecule has 218 valence electrons. The lowest BCUT2D eigenvalue weighted by Crippen LogP contribution is -2.55. The molecule has 1 aromatic heterocycles. The Bertz CT molecular complexity index is 1530. The highest BCUT2D eigenvalue weighted by atomic mass is 16.5. The number of hydrogen-bond donors (Lipinski definition) is 0. The first-order valence-electron chi connectivity index (χ1n) is 15.0. The molecule has 4 heterocycles. The number of carbonyl (C=O) groups is 1. The molecule has 2 aromatic carbocycles. The van der Waals surface area contributed by atoms with Gasteiger partial charge in [0.05, 0.1) is 24.2 Å². The highest BCUT2D eigenvalue weighted by Crippen LogP contribution is 2.36. The number of anilines is 2. The summed E-state index contributed by atoms with van der Waals surface area (Å²) in [7, 11) is 2.14. The zero-order valence-electron chi connectivity index (χ0n) is 24.6. The number of nitrogens with zero attached hydrogens (tertiary/aromatic N) is 7. The first-order valence-corrected chi connectivity index (χ1v) is 15.0. The molecular weight excluding hydrogens is 526 g/mol. The van der Waals surface area contributed by atoms with Crippen LogP contribution in [0.3, 0.4) is 0 Å². The van der Waals surface area contributed by atoms with Crippen LogP contribution in [0.4, 0.5) is 11.5 Å². The zero-order valence-corrected chi connectivity index (χ0v) is 24.6. The lowest BCUT2D eigenvalue weighted by Gasteiger charge is -2.42. The Morgan fingerprint density at radius 1 is 1.12 bits per heavy atom. The number of piperazine rings is 1. The first kappa shape index (κ1) is 28.0. The molecule has 2 atom stereocenters. The second kappa shape index (κ2) is 12.0. The minimum atomic E-state index is -0.239. The highest BCUT2D eigenvalue weighted by Gasteiger charge is 2.34. The Hall–Kier alpha value is -4.16. The van der Waals surface area contributed by atoms with Gasteiger partial charge in [-0.15, -0.1) is 0 Å². The van der Waals surface area contributed by atoms with Gasteiger partial charge in [0.25, 0.3) is 0 Å². The van der Waals surface area contributed by atoms with E-state index in [-0.39, 0.29) is 18.4 Å². The van der Waals surface area contributed by atoms with E-state index in [1.165, 1.54) is 34.5 Å². The fourth-order valence-corrected chi connectivity index (χ4v) is 6.77. The van der Waals surface area contributed by atoms with Crippen LogP contribution in [-0.2, 0) is 17.8 Å². The predicted molar refractivity (Wildman–Crippen MR) is 165 cm³/mol. The monoisotopic (exact) mass is 565 g/mol. The molecule has 2 fully saturated rings.